The fourth-order valence-corrected chi connectivity index (χ4v) is 2.49. The summed E-state index contributed by atoms with van der Waals surface area (Å²) in [7, 11) is 1.44. The molecule has 0 spiro atoms. The van der Waals surface area contributed by atoms with Crippen LogP contribution in [0.2, 0.25) is 0 Å². The normalized spacial score (nSPS) is 11.3. The van der Waals surface area contributed by atoms with E-state index in [9.17, 15) is 25.0 Å². The van der Waals surface area contributed by atoms with E-state index in [4.69, 9.17) is 0 Å². The molecule has 0 aliphatic carbocycles. The molecule has 0 aliphatic rings. The highest BCUT2D eigenvalue weighted by Crippen LogP contribution is 2.33. The van der Waals surface area contributed by atoms with Gasteiger partial charge in [-0.1, -0.05) is 26.8 Å². The zero-order valence-corrected chi connectivity index (χ0v) is 15.1. The first-order chi connectivity index (χ1) is 11.9. The van der Waals surface area contributed by atoms with E-state index < -0.39 is 21.2 Å². The summed E-state index contributed by atoms with van der Waals surface area (Å²) in [5.41, 5.74) is -0.444. The molecule has 0 aliphatic heterocycles. The summed E-state index contributed by atoms with van der Waals surface area (Å²) >= 11 is 0. The average Bonchev–Trinajstić information content (AvgIpc) is 2.87. The first-order valence-corrected chi connectivity index (χ1v) is 7.71. The van der Waals surface area contributed by atoms with Crippen LogP contribution in [-0.2, 0) is 12.5 Å². The van der Waals surface area contributed by atoms with Crippen molar-refractivity contribution in [3.05, 3.63) is 55.4 Å². The highest BCUT2D eigenvalue weighted by Gasteiger charge is 2.37. The Labute approximate surface area is 149 Å². The molecule has 0 atom stereocenters. The standard InChI is InChI=1S/C16H19N5O5/c1-9-6-7-10(20(23)24)8-11(9)17-15(22)13-12(21(25)26)14(16(2,3)4)18-19(13)5/h6-8H,1-5H3,(H,17,22). The van der Waals surface area contributed by atoms with E-state index >= 15 is 0 Å². The van der Waals surface area contributed by atoms with Crippen molar-refractivity contribution in [2.75, 3.05) is 5.32 Å². The number of carbonyl (C=O) groups excluding carboxylic acids is 1. The van der Waals surface area contributed by atoms with Crippen molar-refractivity contribution >= 4 is 23.0 Å². The molecular weight excluding hydrogens is 342 g/mol. The topological polar surface area (TPSA) is 133 Å². The summed E-state index contributed by atoms with van der Waals surface area (Å²) in [6.45, 7) is 6.94. The number of carbonyl (C=O) groups is 1. The maximum atomic E-state index is 12.7. The van der Waals surface area contributed by atoms with E-state index in [1.165, 1.54) is 25.2 Å². The lowest BCUT2D eigenvalue weighted by atomic mass is 9.91. The maximum absolute atomic E-state index is 12.7. The number of anilines is 1. The maximum Gasteiger partial charge on any atom is 0.323 e. The zero-order valence-electron chi connectivity index (χ0n) is 15.1. The molecule has 0 radical (unpaired) electrons. The van der Waals surface area contributed by atoms with Crippen molar-refractivity contribution in [1.29, 1.82) is 0 Å². The minimum atomic E-state index is -0.759. The van der Waals surface area contributed by atoms with Gasteiger partial charge in [-0.15, -0.1) is 0 Å². The summed E-state index contributed by atoms with van der Waals surface area (Å²) in [5.74, 6) is -0.759. The Kier molecular flexibility index (Phi) is 4.79. The van der Waals surface area contributed by atoms with Crippen LogP contribution in [0.5, 0.6) is 0 Å². The molecule has 26 heavy (non-hydrogen) atoms. The van der Waals surface area contributed by atoms with E-state index in [-0.39, 0.29) is 28.5 Å². The van der Waals surface area contributed by atoms with Crippen LogP contribution in [-0.4, -0.2) is 25.5 Å². The third kappa shape index (κ3) is 3.53. The zero-order chi connectivity index (χ0) is 19.8. The van der Waals surface area contributed by atoms with Crippen molar-refractivity contribution < 1.29 is 14.6 Å². The molecule has 138 valence electrons. The number of amides is 1. The van der Waals surface area contributed by atoms with Crippen LogP contribution < -0.4 is 5.32 Å². The SMILES string of the molecule is Cc1ccc([N+](=O)[O-])cc1NC(=O)c1c([N+](=O)[O-])c(C(C)(C)C)nn1C. The highest BCUT2D eigenvalue weighted by molar-refractivity contribution is 6.06. The number of nitro groups is 2. The minimum Gasteiger partial charge on any atom is -0.320 e. The van der Waals surface area contributed by atoms with Crippen molar-refractivity contribution in [3.63, 3.8) is 0 Å². The second kappa shape index (κ2) is 6.54. The summed E-state index contributed by atoms with van der Waals surface area (Å²) in [6.07, 6.45) is 0. The number of nitrogens with zero attached hydrogens (tertiary/aromatic N) is 4. The fourth-order valence-electron chi connectivity index (χ4n) is 2.49. The van der Waals surface area contributed by atoms with Gasteiger partial charge < -0.3 is 5.32 Å². The number of nitro benzene ring substituents is 1. The molecule has 0 saturated carbocycles. The molecule has 10 nitrogen and oxygen atoms in total. The number of aryl methyl sites for hydroxylation is 2. The van der Waals surface area contributed by atoms with Gasteiger partial charge in [-0.3, -0.25) is 29.7 Å². The van der Waals surface area contributed by atoms with Crippen LogP contribution >= 0.6 is 0 Å². The van der Waals surface area contributed by atoms with Gasteiger partial charge in [0.2, 0.25) is 5.69 Å². The van der Waals surface area contributed by atoms with Gasteiger partial charge in [0.15, 0.2) is 0 Å². The van der Waals surface area contributed by atoms with Crippen LogP contribution in [0.3, 0.4) is 0 Å². The second-order valence-corrected chi connectivity index (χ2v) is 6.89. The first-order valence-electron chi connectivity index (χ1n) is 7.71. The average molecular weight is 361 g/mol. The monoisotopic (exact) mass is 361 g/mol. The molecule has 1 aromatic carbocycles. The summed E-state index contributed by atoms with van der Waals surface area (Å²) in [5, 5.41) is 29.1. The lowest BCUT2D eigenvalue weighted by Gasteiger charge is -2.13. The van der Waals surface area contributed by atoms with Crippen molar-refractivity contribution in [2.45, 2.75) is 33.1 Å². The number of rotatable bonds is 4. The Balaban J connectivity index is 2.52. The minimum absolute atomic E-state index is 0.186. The first kappa shape index (κ1) is 19.0. The molecule has 1 aromatic heterocycles. The van der Waals surface area contributed by atoms with E-state index in [1.807, 2.05) is 0 Å². The van der Waals surface area contributed by atoms with Crippen molar-refractivity contribution in [3.8, 4) is 0 Å². The molecule has 1 N–H and O–H groups in total. The Morgan fingerprint density at radius 1 is 1.19 bits per heavy atom. The van der Waals surface area contributed by atoms with Gasteiger partial charge in [-0.05, 0) is 12.5 Å². The van der Waals surface area contributed by atoms with Gasteiger partial charge in [0, 0.05) is 24.6 Å². The van der Waals surface area contributed by atoms with Crippen LogP contribution in [0.1, 0.15) is 42.5 Å². The molecule has 0 fully saturated rings. The Morgan fingerprint density at radius 2 is 1.81 bits per heavy atom. The number of hydrogen-bond donors (Lipinski definition) is 1. The molecule has 0 bridgehead atoms. The Morgan fingerprint density at radius 3 is 2.31 bits per heavy atom. The Hall–Kier alpha value is -3.30. The summed E-state index contributed by atoms with van der Waals surface area (Å²) in [6, 6.07) is 4.02. The third-order valence-corrected chi connectivity index (χ3v) is 3.81. The fraction of sp³-hybridized carbons (Fsp3) is 0.375. The highest BCUT2D eigenvalue weighted by atomic mass is 16.6. The van der Waals surface area contributed by atoms with Crippen LogP contribution in [0.25, 0.3) is 0 Å². The molecule has 2 rings (SSSR count). The van der Waals surface area contributed by atoms with Gasteiger partial charge >= 0.3 is 5.69 Å². The lowest BCUT2D eigenvalue weighted by Crippen LogP contribution is -2.18. The van der Waals surface area contributed by atoms with Gasteiger partial charge in [0.1, 0.15) is 5.69 Å². The van der Waals surface area contributed by atoms with E-state index in [2.05, 4.69) is 10.4 Å². The van der Waals surface area contributed by atoms with Crippen molar-refractivity contribution in [1.82, 2.24) is 9.78 Å². The summed E-state index contributed by atoms with van der Waals surface area (Å²) in [4.78, 5) is 33.9. The van der Waals surface area contributed by atoms with Gasteiger partial charge in [0.05, 0.1) is 15.5 Å². The molecule has 1 heterocycles. The predicted molar refractivity (Wildman–Crippen MR) is 94.3 cm³/mol. The predicted octanol–water partition coefficient (Wildman–Crippen LogP) is 3.09. The number of benzene rings is 1. The van der Waals surface area contributed by atoms with E-state index in [0.29, 0.717) is 5.56 Å². The number of hydrogen-bond acceptors (Lipinski definition) is 6. The Bertz CT molecular complexity index is 910. The van der Waals surface area contributed by atoms with Gasteiger partial charge in [0.25, 0.3) is 11.6 Å². The van der Waals surface area contributed by atoms with E-state index in [0.717, 1.165) is 4.68 Å². The van der Waals surface area contributed by atoms with Gasteiger partial charge in [-0.2, -0.15) is 5.10 Å². The number of nitrogens with one attached hydrogen (secondary N) is 1. The molecule has 0 saturated heterocycles. The molecule has 10 heteroatoms. The van der Waals surface area contributed by atoms with Gasteiger partial charge in [-0.25, -0.2) is 0 Å². The molecule has 1 amide bonds. The summed E-state index contributed by atoms with van der Waals surface area (Å²) < 4.78 is 1.15. The quantitative estimate of drug-likeness (QED) is 0.657. The smallest absolute Gasteiger partial charge is 0.320 e. The second-order valence-electron chi connectivity index (χ2n) is 6.89. The third-order valence-electron chi connectivity index (χ3n) is 3.81. The van der Waals surface area contributed by atoms with E-state index in [1.54, 1.807) is 27.7 Å². The number of aromatic nitrogens is 2. The molecule has 0 unspecified atom stereocenters. The molecule has 2 aromatic rings. The molecular formula is C16H19N5O5. The van der Waals surface area contributed by atoms with Crippen LogP contribution in [0.15, 0.2) is 18.2 Å². The lowest BCUT2D eigenvalue weighted by molar-refractivity contribution is -0.386. The van der Waals surface area contributed by atoms with Crippen LogP contribution in [0.4, 0.5) is 17.1 Å². The largest absolute Gasteiger partial charge is 0.323 e. The van der Waals surface area contributed by atoms with Crippen LogP contribution in [0, 0.1) is 27.2 Å². The number of non-ortho nitro benzene ring substituents is 1. The van der Waals surface area contributed by atoms with Crippen molar-refractivity contribution in [2.24, 2.45) is 7.05 Å².